The van der Waals surface area contributed by atoms with Gasteiger partial charge in [0.15, 0.2) is 0 Å². The minimum atomic E-state index is -0.674. The lowest BCUT2D eigenvalue weighted by atomic mass is 9.99. The van der Waals surface area contributed by atoms with Gasteiger partial charge in [0.1, 0.15) is 11.5 Å². The zero-order valence-electron chi connectivity index (χ0n) is 17.2. The van der Waals surface area contributed by atoms with E-state index in [4.69, 9.17) is 4.74 Å². The second kappa shape index (κ2) is 9.18. The van der Waals surface area contributed by atoms with Gasteiger partial charge < -0.3 is 14.7 Å². The topological polar surface area (TPSA) is 66.8 Å². The Balaban J connectivity index is 1.78. The summed E-state index contributed by atoms with van der Waals surface area (Å²) in [5.74, 6) is -0.861. The van der Waals surface area contributed by atoms with Crippen LogP contribution in [0.1, 0.15) is 35.4 Å². The number of likely N-dealkylation sites (tertiary alicyclic amines) is 1. The van der Waals surface area contributed by atoms with Crippen molar-refractivity contribution < 1.29 is 19.4 Å². The van der Waals surface area contributed by atoms with Gasteiger partial charge in [-0.3, -0.25) is 9.59 Å². The van der Waals surface area contributed by atoms with Crippen molar-refractivity contribution in [3.8, 4) is 5.75 Å². The lowest BCUT2D eigenvalue weighted by Crippen LogP contribution is -2.28. The molecule has 4 rings (SSSR count). The van der Waals surface area contributed by atoms with E-state index in [-0.39, 0.29) is 17.9 Å². The normalized spacial score (nSPS) is 17.8. The first-order chi connectivity index (χ1) is 15.1. The minimum Gasteiger partial charge on any atom is -0.507 e. The summed E-state index contributed by atoms with van der Waals surface area (Å²) in [5.41, 5.74) is 1.48. The smallest absolute Gasteiger partial charge is 0.295 e. The number of benzene rings is 2. The number of ketones is 1. The first-order valence-corrected chi connectivity index (χ1v) is 11.1. The molecule has 1 aliphatic heterocycles. The highest BCUT2D eigenvalue weighted by atomic mass is 32.1. The number of Topliss-reactive ketones (excluding diaryl/α,β-unsaturated/α-hetero) is 1. The summed E-state index contributed by atoms with van der Waals surface area (Å²) in [4.78, 5) is 28.4. The lowest BCUT2D eigenvalue weighted by molar-refractivity contribution is -0.140. The molecule has 0 aliphatic carbocycles. The van der Waals surface area contributed by atoms with Crippen LogP contribution in [-0.2, 0) is 16.1 Å². The summed E-state index contributed by atoms with van der Waals surface area (Å²) < 4.78 is 5.66. The summed E-state index contributed by atoms with van der Waals surface area (Å²) in [7, 11) is 0. The van der Waals surface area contributed by atoms with Crippen LogP contribution in [0, 0.1) is 0 Å². The van der Waals surface area contributed by atoms with E-state index in [9.17, 15) is 14.7 Å². The second-order valence-corrected chi connectivity index (χ2v) is 8.28. The molecule has 0 spiro atoms. The first kappa shape index (κ1) is 20.9. The predicted molar refractivity (Wildman–Crippen MR) is 121 cm³/mol. The van der Waals surface area contributed by atoms with Gasteiger partial charge in [0.2, 0.25) is 0 Å². The summed E-state index contributed by atoms with van der Waals surface area (Å²) >= 11 is 1.45. The highest BCUT2D eigenvalue weighted by molar-refractivity contribution is 7.10. The SMILES string of the molecule is CCCOc1cccc(/C(O)=C2\C(=O)C(=O)N(Cc3ccccc3)C2c2cccs2)c1. The summed E-state index contributed by atoms with van der Waals surface area (Å²) in [6.07, 6.45) is 0.860. The standard InChI is InChI=1S/C25H23NO4S/c1-2-13-30-19-11-6-10-18(15-19)23(27)21-22(20-12-7-14-31-20)26(25(29)24(21)28)16-17-8-4-3-5-9-17/h3-12,14-15,22,27H,2,13,16H2,1H3/b23-21+. The molecule has 6 heteroatoms. The maximum absolute atomic E-state index is 13.0. The number of ether oxygens (including phenoxy) is 1. The fraction of sp³-hybridized carbons (Fsp3) is 0.200. The Labute approximate surface area is 185 Å². The second-order valence-electron chi connectivity index (χ2n) is 7.30. The van der Waals surface area contributed by atoms with Gasteiger partial charge in [-0.15, -0.1) is 11.3 Å². The molecule has 0 bridgehead atoms. The van der Waals surface area contributed by atoms with Crippen LogP contribution < -0.4 is 4.74 Å². The number of carbonyl (C=O) groups is 2. The molecular formula is C25H23NO4S. The van der Waals surface area contributed by atoms with Crippen LogP contribution in [0.4, 0.5) is 0 Å². The van der Waals surface area contributed by atoms with Crippen LogP contribution >= 0.6 is 11.3 Å². The Morgan fingerprint density at radius 2 is 1.87 bits per heavy atom. The molecule has 158 valence electrons. The molecule has 1 amide bonds. The Morgan fingerprint density at radius 1 is 1.06 bits per heavy atom. The Bertz CT molecular complexity index is 1110. The monoisotopic (exact) mass is 433 g/mol. The summed E-state index contributed by atoms with van der Waals surface area (Å²) in [6, 6.07) is 19.6. The predicted octanol–water partition coefficient (Wildman–Crippen LogP) is 5.16. The highest BCUT2D eigenvalue weighted by Gasteiger charge is 2.46. The van der Waals surface area contributed by atoms with Crippen molar-refractivity contribution in [2.75, 3.05) is 6.61 Å². The van der Waals surface area contributed by atoms with Crippen molar-refractivity contribution in [3.63, 3.8) is 0 Å². The van der Waals surface area contributed by atoms with Crippen molar-refractivity contribution in [3.05, 3.63) is 93.7 Å². The van der Waals surface area contributed by atoms with Gasteiger partial charge in [0.05, 0.1) is 18.2 Å². The number of rotatable bonds is 7. The number of hydrogen-bond donors (Lipinski definition) is 1. The van der Waals surface area contributed by atoms with Crippen LogP contribution in [0.2, 0.25) is 0 Å². The van der Waals surface area contributed by atoms with Gasteiger partial charge in [-0.2, -0.15) is 0 Å². The third-order valence-corrected chi connectivity index (χ3v) is 6.05. The van der Waals surface area contributed by atoms with Crippen molar-refractivity contribution in [1.82, 2.24) is 4.90 Å². The molecular weight excluding hydrogens is 410 g/mol. The number of amides is 1. The van der Waals surface area contributed by atoms with Crippen molar-refractivity contribution in [2.24, 2.45) is 0 Å². The van der Waals surface area contributed by atoms with Gasteiger partial charge in [0.25, 0.3) is 11.7 Å². The fourth-order valence-electron chi connectivity index (χ4n) is 3.67. The van der Waals surface area contributed by atoms with E-state index in [0.717, 1.165) is 16.9 Å². The molecule has 1 saturated heterocycles. The highest BCUT2D eigenvalue weighted by Crippen LogP contribution is 2.42. The molecule has 5 nitrogen and oxygen atoms in total. The molecule has 0 saturated carbocycles. The number of thiophene rings is 1. The lowest BCUT2D eigenvalue weighted by Gasteiger charge is -2.24. The van der Waals surface area contributed by atoms with E-state index in [1.54, 1.807) is 24.3 Å². The molecule has 1 N–H and O–H groups in total. The largest absolute Gasteiger partial charge is 0.507 e. The van der Waals surface area contributed by atoms with Crippen LogP contribution in [0.3, 0.4) is 0 Å². The van der Waals surface area contributed by atoms with E-state index >= 15 is 0 Å². The molecule has 1 atom stereocenters. The molecule has 2 aromatic carbocycles. The van der Waals surface area contributed by atoms with E-state index < -0.39 is 17.7 Å². The minimum absolute atomic E-state index is 0.107. The summed E-state index contributed by atoms with van der Waals surface area (Å²) in [5, 5.41) is 13.0. The van der Waals surface area contributed by atoms with Crippen molar-refractivity contribution >= 4 is 28.8 Å². The number of aliphatic hydroxyl groups is 1. The third kappa shape index (κ3) is 4.25. The number of carbonyl (C=O) groups excluding carboxylic acids is 2. The molecule has 1 unspecified atom stereocenters. The molecule has 3 aromatic rings. The van der Waals surface area contributed by atoms with Crippen LogP contribution in [-0.4, -0.2) is 28.3 Å². The molecule has 1 aromatic heterocycles. The molecule has 2 heterocycles. The van der Waals surface area contributed by atoms with Gasteiger partial charge in [-0.1, -0.05) is 55.5 Å². The Kier molecular flexibility index (Phi) is 6.18. The van der Waals surface area contributed by atoms with Gasteiger partial charge in [0, 0.05) is 17.0 Å². The van der Waals surface area contributed by atoms with Gasteiger partial charge in [-0.25, -0.2) is 0 Å². The van der Waals surface area contributed by atoms with E-state index in [1.165, 1.54) is 16.2 Å². The Morgan fingerprint density at radius 3 is 2.58 bits per heavy atom. The van der Waals surface area contributed by atoms with Crippen molar-refractivity contribution in [2.45, 2.75) is 25.9 Å². The van der Waals surface area contributed by atoms with Gasteiger partial charge in [-0.05, 0) is 35.6 Å². The average Bonchev–Trinajstić information content (AvgIpc) is 3.41. The number of hydrogen-bond acceptors (Lipinski definition) is 5. The first-order valence-electron chi connectivity index (χ1n) is 10.2. The maximum Gasteiger partial charge on any atom is 0.295 e. The quantitative estimate of drug-likeness (QED) is 0.318. The molecule has 31 heavy (non-hydrogen) atoms. The number of aliphatic hydroxyl groups excluding tert-OH is 1. The molecule has 0 radical (unpaired) electrons. The van der Waals surface area contributed by atoms with E-state index in [2.05, 4.69) is 0 Å². The third-order valence-electron chi connectivity index (χ3n) is 5.13. The molecule has 1 fully saturated rings. The zero-order valence-corrected chi connectivity index (χ0v) is 18.0. The van der Waals surface area contributed by atoms with E-state index in [1.807, 2.05) is 54.8 Å². The zero-order chi connectivity index (χ0) is 21.8. The number of nitrogens with zero attached hydrogens (tertiary/aromatic N) is 1. The Hall–Kier alpha value is -3.38. The summed E-state index contributed by atoms with van der Waals surface area (Å²) in [6.45, 7) is 2.85. The fourth-order valence-corrected chi connectivity index (χ4v) is 4.52. The van der Waals surface area contributed by atoms with Crippen LogP contribution in [0.25, 0.3) is 5.76 Å². The van der Waals surface area contributed by atoms with Crippen LogP contribution in [0.5, 0.6) is 5.75 Å². The van der Waals surface area contributed by atoms with Gasteiger partial charge >= 0.3 is 0 Å². The van der Waals surface area contributed by atoms with Crippen LogP contribution in [0.15, 0.2) is 77.7 Å². The average molecular weight is 434 g/mol. The maximum atomic E-state index is 13.0. The van der Waals surface area contributed by atoms with Crippen molar-refractivity contribution in [1.29, 1.82) is 0 Å². The van der Waals surface area contributed by atoms with E-state index in [0.29, 0.717) is 17.9 Å². The molecule has 1 aliphatic rings.